The Hall–Kier alpha value is -0.690. The van der Waals surface area contributed by atoms with Crippen molar-refractivity contribution in [3.8, 4) is 0 Å². The van der Waals surface area contributed by atoms with Crippen LogP contribution in [-0.4, -0.2) is 6.04 Å². The van der Waals surface area contributed by atoms with Crippen molar-refractivity contribution >= 4 is 18.1 Å². The van der Waals surface area contributed by atoms with E-state index in [1.54, 1.807) is 0 Å². The molecule has 1 heterocycles. The van der Waals surface area contributed by atoms with E-state index in [4.69, 9.17) is 0 Å². The molecular weight excluding hydrogens is 206 g/mol. The van der Waals surface area contributed by atoms with Gasteiger partial charge in [-0.05, 0) is 49.8 Å². The zero-order valence-electron chi connectivity index (χ0n) is 9.92. The maximum Gasteiger partial charge on any atom is 0.0409 e. The van der Waals surface area contributed by atoms with Gasteiger partial charge in [0.2, 0.25) is 0 Å². The van der Waals surface area contributed by atoms with Crippen molar-refractivity contribution in [2.75, 3.05) is 5.32 Å². The number of hydrogen-bond donors (Lipinski definition) is 1. The molecule has 2 unspecified atom stereocenters. The normalized spacial score (nSPS) is 23.7. The number of rotatable bonds is 0. The lowest BCUT2D eigenvalue weighted by atomic mass is 9.86. The molecule has 0 aromatic heterocycles. The molecule has 2 atom stereocenters. The first-order valence-electron chi connectivity index (χ1n) is 5.46. The number of anilines is 1. The molecular formula is C13H20ClN. The van der Waals surface area contributed by atoms with Gasteiger partial charge in [0.25, 0.3) is 0 Å². The molecule has 0 bridgehead atoms. The Balaban J connectivity index is 0.00000112. The first kappa shape index (κ1) is 12.4. The van der Waals surface area contributed by atoms with Crippen molar-refractivity contribution in [2.45, 2.75) is 46.1 Å². The molecule has 84 valence electrons. The van der Waals surface area contributed by atoms with Crippen LogP contribution in [0.4, 0.5) is 5.69 Å². The lowest BCUT2D eigenvalue weighted by Crippen LogP contribution is -2.25. The second-order valence-corrected chi connectivity index (χ2v) is 4.65. The van der Waals surface area contributed by atoms with Gasteiger partial charge in [0.05, 0.1) is 0 Å². The van der Waals surface area contributed by atoms with Gasteiger partial charge < -0.3 is 5.32 Å². The third kappa shape index (κ3) is 2.12. The van der Waals surface area contributed by atoms with Crippen molar-refractivity contribution in [3.05, 3.63) is 28.8 Å². The molecule has 1 aromatic rings. The lowest BCUT2D eigenvalue weighted by molar-refractivity contribution is 0.589. The molecule has 1 aliphatic heterocycles. The Morgan fingerprint density at radius 1 is 1.20 bits per heavy atom. The number of nitrogens with one attached hydrogen (secondary N) is 1. The van der Waals surface area contributed by atoms with E-state index in [-0.39, 0.29) is 12.4 Å². The molecule has 0 radical (unpaired) electrons. The molecule has 0 spiro atoms. The summed E-state index contributed by atoms with van der Waals surface area (Å²) >= 11 is 0. The summed E-state index contributed by atoms with van der Waals surface area (Å²) in [5.74, 6) is 0.695. The zero-order valence-corrected chi connectivity index (χ0v) is 10.7. The maximum atomic E-state index is 3.60. The largest absolute Gasteiger partial charge is 0.382 e. The maximum absolute atomic E-state index is 3.60. The van der Waals surface area contributed by atoms with E-state index in [0.29, 0.717) is 12.0 Å². The summed E-state index contributed by atoms with van der Waals surface area (Å²) in [4.78, 5) is 0. The van der Waals surface area contributed by atoms with Gasteiger partial charge >= 0.3 is 0 Å². The van der Waals surface area contributed by atoms with Crippen LogP contribution < -0.4 is 5.32 Å². The minimum atomic E-state index is 0. The van der Waals surface area contributed by atoms with Crippen molar-refractivity contribution in [3.63, 3.8) is 0 Å². The van der Waals surface area contributed by atoms with E-state index in [1.807, 2.05) is 0 Å². The highest BCUT2D eigenvalue weighted by atomic mass is 35.5. The molecule has 1 nitrogen and oxygen atoms in total. The Labute approximate surface area is 98.7 Å². The standard InChI is InChI=1S/C13H19N.ClH/c1-8-5-6-12-9(2)7-10(3)14-13(12)11(8)4;/h5-6,9-10,14H,7H2,1-4H3;1H. The lowest BCUT2D eigenvalue weighted by Gasteiger charge is -2.31. The second-order valence-electron chi connectivity index (χ2n) is 4.65. The molecule has 1 N–H and O–H groups in total. The Morgan fingerprint density at radius 2 is 1.87 bits per heavy atom. The van der Waals surface area contributed by atoms with Crippen LogP contribution in [-0.2, 0) is 0 Å². The third-order valence-electron chi connectivity index (χ3n) is 3.40. The average molecular weight is 226 g/mol. The van der Waals surface area contributed by atoms with Crippen LogP contribution in [0.15, 0.2) is 12.1 Å². The Morgan fingerprint density at radius 3 is 2.53 bits per heavy atom. The fourth-order valence-electron chi connectivity index (χ4n) is 2.40. The van der Waals surface area contributed by atoms with Gasteiger partial charge in [0.1, 0.15) is 0 Å². The number of aryl methyl sites for hydroxylation is 1. The van der Waals surface area contributed by atoms with E-state index >= 15 is 0 Å². The SMILES string of the molecule is Cc1ccc2c(c1C)NC(C)CC2C.Cl. The molecule has 0 amide bonds. The minimum Gasteiger partial charge on any atom is -0.382 e. The molecule has 2 rings (SSSR count). The fraction of sp³-hybridized carbons (Fsp3) is 0.538. The Kier molecular flexibility index (Phi) is 3.67. The topological polar surface area (TPSA) is 12.0 Å². The summed E-state index contributed by atoms with van der Waals surface area (Å²) in [6, 6.07) is 5.13. The van der Waals surface area contributed by atoms with E-state index in [0.717, 1.165) is 0 Å². The van der Waals surface area contributed by atoms with Crippen LogP contribution in [0.2, 0.25) is 0 Å². The van der Waals surface area contributed by atoms with E-state index < -0.39 is 0 Å². The summed E-state index contributed by atoms with van der Waals surface area (Å²) in [5.41, 5.74) is 5.68. The number of fused-ring (bicyclic) bond motifs is 1. The van der Waals surface area contributed by atoms with Crippen LogP contribution in [0.25, 0.3) is 0 Å². The molecule has 1 aromatic carbocycles. The van der Waals surface area contributed by atoms with Gasteiger partial charge in [-0.25, -0.2) is 0 Å². The van der Waals surface area contributed by atoms with Crippen molar-refractivity contribution in [1.82, 2.24) is 0 Å². The van der Waals surface area contributed by atoms with Gasteiger partial charge in [-0.15, -0.1) is 12.4 Å². The van der Waals surface area contributed by atoms with Gasteiger partial charge in [-0.2, -0.15) is 0 Å². The molecule has 1 aliphatic rings. The zero-order chi connectivity index (χ0) is 10.3. The third-order valence-corrected chi connectivity index (χ3v) is 3.40. The summed E-state index contributed by atoms with van der Waals surface area (Å²) in [5, 5.41) is 3.60. The molecule has 2 heteroatoms. The smallest absolute Gasteiger partial charge is 0.0409 e. The van der Waals surface area contributed by atoms with E-state index in [9.17, 15) is 0 Å². The summed E-state index contributed by atoms with van der Waals surface area (Å²) in [6.45, 7) is 8.99. The van der Waals surface area contributed by atoms with Crippen LogP contribution in [0.5, 0.6) is 0 Å². The van der Waals surface area contributed by atoms with Gasteiger partial charge in [-0.3, -0.25) is 0 Å². The monoisotopic (exact) mass is 225 g/mol. The molecule has 0 saturated carbocycles. The highest BCUT2D eigenvalue weighted by Crippen LogP contribution is 2.36. The summed E-state index contributed by atoms with van der Waals surface area (Å²) in [6.07, 6.45) is 1.25. The second kappa shape index (κ2) is 4.44. The highest BCUT2D eigenvalue weighted by Gasteiger charge is 2.22. The molecule has 0 fully saturated rings. The fourth-order valence-corrected chi connectivity index (χ4v) is 2.40. The molecule has 0 saturated heterocycles. The number of halogens is 1. The predicted molar refractivity (Wildman–Crippen MR) is 69.3 cm³/mol. The predicted octanol–water partition coefficient (Wildman–Crippen LogP) is 4.03. The number of benzene rings is 1. The summed E-state index contributed by atoms with van der Waals surface area (Å²) < 4.78 is 0. The van der Waals surface area contributed by atoms with E-state index in [1.165, 1.54) is 28.8 Å². The van der Waals surface area contributed by atoms with Crippen molar-refractivity contribution < 1.29 is 0 Å². The molecule has 15 heavy (non-hydrogen) atoms. The van der Waals surface area contributed by atoms with Gasteiger partial charge in [-0.1, -0.05) is 19.1 Å². The highest BCUT2D eigenvalue weighted by molar-refractivity contribution is 5.85. The summed E-state index contributed by atoms with van der Waals surface area (Å²) in [7, 11) is 0. The van der Waals surface area contributed by atoms with E-state index in [2.05, 4.69) is 45.1 Å². The first-order chi connectivity index (χ1) is 6.59. The molecule has 0 aliphatic carbocycles. The first-order valence-corrected chi connectivity index (χ1v) is 5.46. The number of hydrogen-bond acceptors (Lipinski definition) is 1. The quantitative estimate of drug-likeness (QED) is 0.703. The van der Waals surface area contributed by atoms with Crippen LogP contribution in [0, 0.1) is 13.8 Å². The van der Waals surface area contributed by atoms with Gasteiger partial charge in [0.15, 0.2) is 0 Å². The minimum absolute atomic E-state index is 0. The van der Waals surface area contributed by atoms with Crippen molar-refractivity contribution in [1.29, 1.82) is 0 Å². The van der Waals surface area contributed by atoms with Crippen LogP contribution >= 0.6 is 12.4 Å². The van der Waals surface area contributed by atoms with Gasteiger partial charge in [0, 0.05) is 11.7 Å². The van der Waals surface area contributed by atoms with Crippen LogP contribution in [0.1, 0.15) is 42.9 Å². The average Bonchev–Trinajstić information content (AvgIpc) is 2.12. The Bertz CT molecular complexity index is 360. The van der Waals surface area contributed by atoms with Crippen LogP contribution in [0.3, 0.4) is 0 Å². The van der Waals surface area contributed by atoms with Crippen molar-refractivity contribution in [2.24, 2.45) is 0 Å².